The summed E-state index contributed by atoms with van der Waals surface area (Å²) in [5.41, 5.74) is 0.152. The molecular formula is C13H17BrO3. The molecule has 0 aromatic heterocycles. The average molecular weight is 301 g/mol. The van der Waals surface area contributed by atoms with Gasteiger partial charge in [0.05, 0.1) is 13.7 Å². The van der Waals surface area contributed by atoms with E-state index < -0.39 is 5.60 Å². The number of carbonyl (C=O) groups excluding carboxylic acids is 1. The van der Waals surface area contributed by atoms with Crippen molar-refractivity contribution >= 4 is 21.9 Å². The molecule has 0 amide bonds. The molecule has 1 atom stereocenters. The van der Waals surface area contributed by atoms with Crippen molar-refractivity contribution in [3.05, 3.63) is 34.3 Å². The summed E-state index contributed by atoms with van der Waals surface area (Å²) in [7, 11) is 1.37. The first kappa shape index (κ1) is 14.2. The maximum absolute atomic E-state index is 11.6. The first-order valence-electron chi connectivity index (χ1n) is 5.48. The van der Waals surface area contributed by atoms with Crippen molar-refractivity contribution in [3.8, 4) is 0 Å². The molecule has 3 nitrogen and oxygen atoms in total. The van der Waals surface area contributed by atoms with Crippen molar-refractivity contribution in [1.82, 2.24) is 0 Å². The van der Waals surface area contributed by atoms with E-state index in [9.17, 15) is 4.79 Å². The third-order valence-electron chi connectivity index (χ3n) is 2.76. The van der Waals surface area contributed by atoms with E-state index in [1.165, 1.54) is 7.11 Å². The molecule has 0 saturated heterocycles. The number of ether oxygens (including phenoxy) is 2. The van der Waals surface area contributed by atoms with Crippen LogP contribution >= 0.6 is 15.9 Å². The zero-order chi connectivity index (χ0) is 12.9. The van der Waals surface area contributed by atoms with Gasteiger partial charge in [0.1, 0.15) is 0 Å². The number of halogens is 1. The van der Waals surface area contributed by atoms with Crippen LogP contribution < -0.4 is 0 Å². The van der Waals surface area contributed by atoms with Crippen LogP contribution in [0.2, 0.25) is 0 Å². The minimum absolute atomic E-state index is 0.336. The van der Waals surface area contributed by atoms with E-state index in [1.807, 2.05) is 31.2 Å². The minimum atomic E-state index is -0.873. The summed E-state index contributed by atoms with van der Waals surface area (Å²) >= 11 is 3.37. The molecule has 94 valence electrons. The van der Waals surface area contributed by atoms with Crippen molar-refractivity contribution in [2.45, 2.75) is 32.5 Å². The summed E-state index contributed by atoms with van der Waals surface area (Å²) in [5, 5.41) is 0. The molecule has 1 aromatic rings. The zero-order valence-corrected chi connectivity index (χ0v) is 11.9. The standard InChI is InChI=1S/C13H17BrO3/c1-4-13(2,12(15)16-3)17-9-10-5-7-11(14)8-6-10/h5-8H,4,9H2,1-3H3. The second-order valence-corrected chi connectivity index (χ2v) is 4.91. The van der Waals surface area contributed by atoms with Crippen molar-refractivity contribution in [2.24, 2.45) is 0 Å². The Bertz CT molecular complexity index is 375. The number of hydrogen-bond acceptors (Lipinski definition) is 3. The maximum atomic E-state index is 11.6. The largest absolute Gasteiger partial charge is 0.467 e. The minimum Gasteiger partial charge on any atom is -0.467 e. The van der Waals surface area contributed by atoms with E-state index in [0.717, 1.165) is 10.0 Å². The van der Waals surface area contributed by atoms with Crippen molar-refractivity contribution in [1.29, 1.82) is 0 Å². The molecule has 0 N–H and O–H groups in total. The van der Waals surface area contributed by atoms with Gasteiger partial charge in [-0.25, -0.2) is 4.79 Å². The molecule has 0 radical (unpaired) electrons. The fourth-order valence-electron chi connectivity index (χ4n) is 1.34. The van der Waals surface area contributed by atoms with Gasteiger partial charge >= 0.3 is 5.97 Å². The molecule has 0 fully saturated rings. The Morgan fingerprint density at radius 2 is 1.94 bits per heavy atom. The van der Waals surface area contributed by atoms with Crippen molar-refractivity contribution in [3.63, 3.8) is 0 Å². The number of hydrogen-bond donors (Lipinski definition) is 0. The van der Waals surface area contributed by atoms with Gasteiger partial charge in [-0.3, -0.25) is 0 Å². The van der Waals surface area contributed by atoms with Crippen LogP contribution in [0.3, 0.4) is 0 Å². The molecule has 0 spiro atoms. The number of esters is 1. The summed E-state index contributed by atoms with van der Waals surface area (Å²) in [6.07, 6.45) is 0.580. The van der Waals surface area contributed by atoms with Gasteiger partial charge in [0.25, 0.3) is 0 Å². The predicted molar refractivity (Wildman–Crippen MR) is 69.6 cm³/mol. The molecule has 0 aliphatic carbocycles. The van der Waals surface area contributed by atoms with Crippen LogP contribution in [0.5, 0.6) is 0 Å². The fourth-order valence-corrected chi connectivity index (χ4v) is 1.61. The topological polar surface area (TPSA) is 35.5 Å². The third-order valence-corrected chi connectivity index (χ3v) is 3.29. The molecule has 17 heavy (non-hydrogen) atoms. The van der Waals surface area contributed by atoms with E-state index in [2.05, 4.69) is 15.9 Å². The summed E-state index contributed by atoms with van der Waals surface area (Å²) < 4.78 is 11.4. The van der Waals surface area contributed by atoms with Gasteiger partial charge in [-0.05, 0) is 31.0 Å². The molecule has 1 rings (SSSR count). The quantitative estimate of drug-likeness (QED) is 0.783. The summed E-state index contributed by atoms with van der Waals surface area (Å²) in [6, 6.07) is 7.80. The maximum Gasteiger partial charge on any atom is 0.337 e. The lowest BCUT2D eigenvalue weighted by atomic mass is 10.0. The Hall–Kier alpha value is -0.870. The van der Waals surface area contributed by atoms with Crippen LogP contribution in [0.15, 0.2) is 28.7 Å². The van der Waals surface area contributed by atoms with Gasteiger partial charge in [-0.15, -0.1) is 0 Å². The average Bonchev–Trinajstić information content (AvgIpc) is 2.36. The normalized spacial score (nSPS) is 14.1. The number of rotatable bonds is 5. The highest BCUT2D eigenvalue weighted by atomic mass is 79.9. The van der Waals surface area contributed by atoms with Gasteiger partial charge in [-0.1, -0.05) is 35.0 Å². The molecular weight excluding hydrogens is 284 g/mol. The van der Waals surface area contributed by atoms with Crippen LogP contribution in [0.4, 0.5) is 0 Å². The first-order chi connectivity index (χ1) is 8.01. The smallest absolute Gasteiger partial charge is 0.337 e. The highest BCUT2D eigenvalue weighted by Gasteiger charge is 2.33. The molecule has 1 aromatic carbocycles. The van der Waals surface area contributed by atoms with E-state index in [4.69, 9.17) is 9.47 Å². The molecule has 4 heteroatoms. The van der Waals surface area contributed by atoms with Gasteiger partial charge in [0, 0.05) is 4.47 Å². The lowest BCUT2D eigenvalue weighted by Crippen LogP contribution is -2.38. The van der Waals surface area contributed by atoms with Crippen molar-refractivity contribution in [2.75, 3.05) is 7.11 Å². The second kappa shape index (κ2) is 6.17. The predicted octanol–water partition coefficient (Wildman–Crippen LogP) is 3.31. The van der Waals surface area contributed by atoms with Crippen LogP contribution in [-0.2, 0) is 20.9 Å². The Kier molecular flexibility index (Phi) is 5.15. The Morgan fingerprint density at radius 1 is 1.35 bits per heavy atom. The van der Waals surface area contributed by atoms with E-state index in [-0.39, 0.29) is 5.97 Å². The Balaban J connectivity index is 2.65. The number of benzene rings is 1. The summed E-state index contributed by atoms with van der Waals surface area (Å²) in [5.74, 6) is -0.336. The van der Waals surface area contributed by atoms with Gasteiger partial charge in [0.2, 0.25) is 0 Å². The van der Waals surface area contributed by atoms with Crippen LogP contribution in [0.25, 0.3) is 0 Å². The van der Waals surface area contributed by atoms with E-state index in [0.29, 0.717) is 13.0 Å². The summed E-state index contributed by atoms with van der Waals surface area (Å²) in [6.45, 7) is 4.04. The highest BCUT2D eigenvalue weighted by molar-refractivity contribution is 9.10. The molecule has 0 saturated carbocycles. The summed E-state index contributed by atoms with van der Waals surface area (Å²) in [4.78, 5) is 11.6. The number of carbonyl (C=O) groups is 1. The Labute approximate surface area is 110 Å². The third kappa shape index (κ3) is 3.82. The Morgan fingerprint density at radius 3 is 2.41 bits per heavy atom. The lowest BCUT2D eigenvalue weighted by Gasteiger charge is -2.25. The van der Waals surface area contributed by atoms with Gasteiger partial charge in [0.15, 0.2) is 5.60 Å². The second-order valence-electron chi connectivity index (χ2n) is 3.99. The highest BCUT2D eigenvalue weighted by Crippen LogP contribution is 2.20. The number of methoxy groups -OCH3 is 1. The van der Waals surface area contributed by atoms with Crippen LogP contribution in [0, 0.1) is 0 Å². The van der Waals surface area contributed by atoms with E-state index >= 15 is 0 Å². The molecule has 0 heterocycles. The molecule has 0 aliphatic rings. The zero-order valence-electron chi connectivity index (χ0n) is 10.3. The lowest BCUT2D eigenvalue weighted by molar-refractivity contribution is -0.169. The van der Waals surface area contributed by atoms with E-state index in [1.54, 1.807) is 6.92 Å². The molecule has 1 unspecified atom stereocenters. The SMILES string of the molecule is CCC(C)(OCc1ccc(Br)cc1)C(=O)OC. The monoisotopic (exact) mass is 300 g/mol. The van der Waals surface area contributed by atoms with Crippen molar-refractivity contribution < 1.29 is 14.3 Å². The fraction of sp³-hybridized carbons (Fsp3) is 0.462. The van der Waals surface area contributed by atoms with Crippen LogP contribution in [0.1, 0.15) is 25.8 Å². The molecule has 0 aliphatic heterocycles. The first-order valence-corrected chi connectivity index (χ1v) is 6.28. The van der Waals surface area contributed by atoms with Gasteiger partial charge in [-0.2, -0.15) is 0 Å². The van der Waals surface area contributed by atoms with Crippen LogP contribution in [-0.4, -0.2) is 18.7 Å². The van der Waals surface area contributed by atoms with Gasteiger partial charge < -0.3 is 9.47 Å². The molecule has 0 bridgehead atoms.